The summed E-state index contributed by atoms with van der Waals surface area (Å²) in [7, 11) is -3.74. The van der Waals surface area contributed by atoms with Crippen LogP contribution in [0.25, 0.3) is 0 Å². The van der Waals surface area contributed by atoms with Crippen LogP contribution in [0.15, 0.2) is 41.8 Å². The van der Waals surface area contributed by atoms with E-state index in [1.165, 1.54) is 24.3 Å². The average Bonchev–Trinajstić information content (AvgIpc) is 2.83. The fourth-order valence-electron chi connectivity index (χ4n) is 1.21. The van der Waals surface area contributed by atoms with Crippen molar-refractivity contribution >= 4 is 16.0 Å². The first-order chi connectivity index (χ1) is 8.01. The van der Waals surface area contributed by atoms with Crippen molar-refractivity contribution in [1.82, 2.24) is 14.2 Å². The predicted molar refractivity (Wildman–Crippen MR) is 56.0 cm³/mol. The van der Waals surface area contributed by atoms with E-state index in [0.29, 0.717) is 0 Å². The number of hydrogen-bond acceptors (Lipinski definition) is 5. The molecule has 1 aromatic heterocycles. The third-order valence-electron chi connectivity index (χ3n) is 2.07. The number of aromatic nitrogens is 3. The molecule has 0 amide bonds. The predicted octanol–water partition coefficient (Wildman–Crippen LogP) is 0.213. The van der Waals surface area contributed by atoms with Crippen molar-refractivity contribution in [2.45, 2.75) is 4.90 Å². The second-order valence-electron chi connectivity index (χ2n) is 3.13. The zero-order valence-corrected chi connectivity index (χ0v) is 9.20. The topological polar surface area (TPSA) is 102 Å². The van der Waals surface area contributed by atoms with Crippen molar-refractivity contribution in [3.05, 3.63) is 42.5 Å². The third kappa shape index (κ3) is 2.02. The van der Waals surface area contributed by atoms with Gasteiger partial charge < -0.3 is 5.11 Å². The fourth-order valence-corrected chi connectivity index (χ4v) is 2.26. The number of hydrogen-bond donors (Lipinski definition) is 1. The van der Waals surface area contributed by atoms with Crippen molar-refractivity contribution in [3.63, 3.8) is 0 Å². The van der Waals surface area contributed by atoms with Crippen LogP contribution in [0, 0.1) is 0 Å². The van der Waals surface area contributed by atoms with E-state index in [4.69, 9.17) is 5.11 Å². The number of carbonyl (C=O) groups is 1. The van der Waals surface area contributed by atoms with Gasteiger partial charge in [-0.05, 0) is 24.3 Å². The Morgan fingerprint density at radius 2 is 1.65 bits per heavy atom. The van der Waals surface area contributed by atoms with Gasteiger partial charge in [-0.1, -0.05) is 0 Å². The average molecular weight is 253 g/mol. The standard InChI is InChI=1S/C9H7N3O4S/c13-9(14)7-1-3-8(4-2-7)17(15,16)12-5-10-11-6-12/h1-6H,(H,13,14). The van der Waals surface area contributed by atoms with Crippen molar-refractivity contribution in [3.8, 4) is 0 Å². The van der Waals surface area contributed by atoms with E-state index in [0.717, 1.165) is 16.6 Å². The van der Waals surface area contributed by atoms with Crippen LogP contribution in [0.5, 0.6) is 0 Å². The van der Waals surface area contributed by atoms with Crippen LogP contribution in [0.3, 0.4) is 0 Å². The zero-order valence-electron chi connectivity index (χ0n) is 8.39. The van der Waals surface area contributed by atoms with Crippen LogP contribution in [-0.2, 0) is 10.0 Å². The van der Waals surface area contributed by atoms with Gasteiger partial charge in [-0.15, -0.1) is 10.2 Å². The van der Waals surface area contributed by atoms with Crippen molar-refractivity contribution in [1.29, 1.82) is 0 Å². The van der Waals surface area contributed by atoms with Crippen LogP contribution in [0.2, 0.25) is 0 Å². The Morgan fingerprint density at radius 1 is 1.12 bits per heavy atom. The minimum Gasteiger partial charge on any atom is -0.478 e. The summed E-state index contributed by atoms with van der Waals surface area (Å²) in [5.74, 6) is -1.11. The maximum atomic E-state index is 11.9. The summed E-state index contributed by atoms with van der Waals surface area (Å²) < 4.78 is 24.7. The number of aromatic carboxylic acids is 1. The van der Waals surface area contributed by atoms with E-state index < -0.39 is 16.0 Å². The van der Waals surface area contributed by atoms with Gasteiger partial charge >= 0.3 is 5.97 Å². The molecule has 17 heavy (non-hydrogen) atoms. The number of rotatable bonds is 3. The second kappa shape index (κ2) is 3.98. The van der Waals surface area contributed by atoms with Gasteiger partial charge in [0, 0.05) is 0 Å². The highest BCUT2D eigenvalue weighted by molar-refractivity contribution is 7.90. The summed E-state index contributed by atoms with van der Waals surface area (Å²) >= 11 is 0. The molecule has 0 atom stereocenters. The summed E-state index contributed by atoms with van der Waals surface area (Å²) in [6, 6.07) is 4.89. The molecule has 2 rings (SSSR count). The lowest BCUT2D eigenvalue weighted by Crippen LogP contribution is -2.11. The van der Waals surface area contributed by atoms with Gasteiger partial charge in [0.2, 0.25) is 0 Å². The van der Waals surface area contributed by atoms with E-state index in [-0.39, 0.29) is 10.5 Å². The van der Waals surface area contributed by atoms with Gasteiger partial charge in [0.15, 0.2) is 0 Å². The van der Waals surface area contributed by atoms with Gasteiger partial charge in [-0.25, -0.2) is 17.2 Å². The molecule has 88 valence electrons. The maximum absolute atomic E-state index is 11.9. The highest BCUT2D eigenvalue weighted by atomic mass is 32.2. The highest BCUT2D eigenvalue weighted by Crippen LogP contribution is 2.13. The molecule has 7 nitrogen and oxygen atoms in total. The van der Waals surface area contributed by atoms with Gasteiger partial charge in [-0.3, -0.25) is 0 Å². The molecule has 1 N–H and O–H groups in total. The Hall–Kier alpha value is -2.22. The molecule has 0 fully saturated rings. The minimum atomic E-state index is -3.74. The molecule has 2 aromatic rings. The van der Waals surface area contributed by atoms with Crippen LogP contribution in [0.4, 0.5) is 0 Å². The zero-order chi connectivity index (χ0) is 12.5. The molecule has 0 unspecified atom stereocenters. The summed E-state index contributed by atoms with van der Waals surface area (Å²) in [6.45, 7) is 0. The normalized spacial score (nSPS) is 11.3. The lowest BCUT2D eigenvalue weighted by Gasteiger charge is -2.03. The lowest BCUT2D eigenvalue weighted by molar-refractivity contribution is 0.0697. The highest BCUT2D eigenvalue weighted by Gasteiger charge is 2.16. The van der Waals surface area contributed by atoms with Gasteiger partial charge in [-0.2, -0.15) is 0 Å². The third-order valence-corrected chi connectivity index (χ3v) is 3.69. The Morgan fingerprint density at radius 3 is 2.12 bits per heavy atom. The van der Waals surface area contributed by atoms with E-state index >= 15 is 0 Å². The number of carboxylic acid groups (broad SMARTS) is 1. The van der Waals surface area contributed by atoms with Crippen LogP contribution in [0.1, 0.15) is 10.4 Å². The molecule has 0 spiro atoms. The fraction of sp³-hybridized carbons (Fsp3) is 0. The van der Waals surface area contributed by atoms with E-state index in [2.05, 4.69) is 10.2 Å². The molecule has 1 heterocycles. The molecular formula is C9H7N3O4S. The summed E-state index contributed by atoms with van der Waals surface area (Å²) in [4.78, 5) is 10.6. The number of benzene rings is 1. The molecule has 0 aliphatic carbocycles. The Bertz CT molecular complexity index is 631. The van der Waals surface area contributed by atoms with Gasteiger partial charge in [0.25, 0.3) is 10.0 Å². The summed E-state index contributed by atoms with van der Waals surface area (Å²) in [6.07, 6.45) is 2.11. The first-order valence-electron chi connectivity index (χ1n) is 4.45. The van der Waals surface area contributed by atoms with Crippen molar-refractivity contribution in [2.75, 3.05) is 0 Å². The molecule has 0 saturated carbocycles. The second-order valence-corrected chi connectivity index (χ2v) is 4.97. The van der Waals surface area contributed by atoms with E-state index in [1.54, 1.807) is 0 Å². The molecule has 8 heteroatoms. The molecule has 0 radical (unpaired) electrons. The Kier molecular flexibility index (Phi) is 2.64. The van der Waals surface area contributed by atoms with E-state index in [1.807, 2.05) is 0 Å². The largest absolute Gasteiger partial charge is 0.478 e. The van der Waals surface area contributed by atoms with E-state index in [9.17, 15) is 13.2 Å². The van der Waals surface area contributed by atoms with Gasteiger partial charge in [0.05, 0.1) is 10.5 Å². The lowest BCUT2D eigenvalue weighted by atomic mass is 10.2. The molecular weight excluding hydrogens is 246 g/mol. The quantitative estimate of drug-likeness (QED) is 0.839. The number of nitrogens with zero attached hydrogens (tertiary/aromatic N) is 3. The van der Waals surface area contributed by atoms with Gasteiger partial charge in [0.1, 0.15) is 12.7 Å². The van der Waals surface area contributed by atoms with Crippen LogP contribution in [-0.4, -0.2) is 33.7 Å². The maximum Gasteiger partial charge on any atom is 0.335 e. The minimum absolute atomic E-state index is 0.0210. The molecule has 0 saturated heterocycles. The monoisotopic (exact) mass is 253 g/mol. The molecule has 1 aromatic carbocycles. The first kappa shape index (κ1) is 11.3. The number of carboxylic acids is 1. The van der Waals surface area contributed by atoms with Crippen molar-refractivity contribution < 1.29 is 18.3 Å². The smallest absolute Gasteiger partial charge is 0.335 e. The Labute approximate surface area is 96.4 Å². The summed E-state index contributed by atoms with van der Waals surface area (Å²) in [5.41, 5.74) is 0.0210. The SMILES string of the molecule is O=C(O)c1ccc(S(=O)(=O)n2cnnc2)cc1. The molecule has 0 aliphatic rings. The van der Waals surface area contributed by atoms with Crippen LogP contribution >= 0.6 is 0 Å². The summed E-state index contributed by atoms with van der Waals surface area (Å²) in [5, 5.41) is 15.5. The van der Waals surface area contributed by atoms with Crippen molar-refractivity contribution in [2.24, 2.45) is 0 Å². The first-order valence-corrected chi connectivity index (χ1v) is 5.89. The van der Waals surface area contributed by atoms with Crippen LogP contribution < -0.4 is 0 Å². The molecule has 0 aliphatic heterocycles. The Balaban J connectivity index is 2.45. The molecule has 0 bridgehead atoms.